The van der Waals surface area contributed by atoms with Gasteiger partial charge in [-0.2, -0.15) is 5.26 Å². The fourth-order valence-corrected chi connectivity index (χ4v) is 1.14. The number of amides is 1. The Labute approximate surface area is 83.1 Å². The first-order valence-electron chi connectivity index (χ1n) is 4.47. The Morgan fingerprint density at radius 1 is 1.71 bits per heavy atom. The molecule has 1 heterocycles. The lowest BCUT2D eigenvalue weighted by Crippen LogP contribution is -2.28. The van der Waals surface area contributed by atoms with Crippen molar-refractivity contribution in [1.82, 2.24) is 9.88 Å². The zero-order chi connectivity index (χ0) is 10.4. The quantitative estimate of drug-likeness (QED) is 0.769. The number of carbonyl (C=O) groups excluding carboxylic acids is 1. The van der Waals surface area contributed by atoms with Gasteiger partial charge in [-0.3, -0.25) is 4.79 Å². The van der Waals surface area contributed by atoms with Gasteiger partial charge >= 0.3 is 0 Å². The second-order valence-corrected chi connectivity index (χ2v) is 3.10. The summed E-state index contributed by atoms with van der Waals surface area (Å²) >= 11 is 0. The van der Waals surface area contributed by atoms with Crippen molar-refractivity contribution in [1.29, 1.82) is 5.26 Å². The number of nitrogens with zero attached hydrogens (tertiary/aromatic N) is 2. The molecule has 1 aromatic rings. The summed E-state index contributed by atoms with van der Waals surface area (Å²) in [5, 5.41) is 8.33. The molecule has 0 spiro atoms. The second kappa shape index (κ2) is 5.07. The molecular formula is C10H13N3O. The van der Waals surface area contributed by atoms with Gasteiger partial charge in [0.25, 0.3) is 0 Å². The van der Waals surface area contributed by atoms with Gasteiger partial charge in [0.15, 0.2) is 0 Å². The van der Waals surface area contributed by atoms with Crippen LogP contribution in [-0.4, -0.2) is 29.4 Å². The van der Waals surface area contributed by atoms with Crippen LogP contribution in [0.25, 0.3) is 0 Å². The second-order valence-electron chi connectivity index (χ2n) is 3.10. The summed E-state index contributed by atoms with van der Waals surface area (Å²) < 4.78 is 0. The molecule has 0 aromatic carbocycles. The minimum Gasteiger partial charge on any atom is -0.365 e. The summed E-state index contributed by atoms with van der Waals surface area (Å²) in [5.41, 5.74) is 1.10. The highest BCUT2D eigenvalue weighted by atomic mass is 16.2. The van der Waals surface area contributed by atoms with E-state index < -0.39 is 0 Å². The van der Waals surface area contributed by atoms with E-state index in [1.165, 1.54) is 0 Å². The SMILES string of the molecule is CN(CCc1ccc[nH]1)C(=O)CC#N. The Bertz CT molecular complexity index is 324. The number of H-pyrrole nitrogens is 1. The van der Waals surface area contributed by atoms with Gasteiger partial charge in [-0.15, -0.1) is 0 Å². The molecule has 1 aromatic heterocycles. The summed E-state index contributed by atoms with van der Waals surface area (Å²) in [6.07, 6.45) is 2.61. The lowest BCUT2D eigenvalue weighted by Gasteiger charge is -2.14. The van der Waals surface area contributed by atoms with Crippen molar-refractivity contribution in [2.24, 2.45) is 0 Å². The van der Waals surface area contributed by atoms with Gasteiger partial charge in [-0.1, -0.05) is 0 Å². The molecule has 0 aliphatic rings. The number of nitrogens with one attached hydrogen (secondary N) is 1. The Morgan fingerprint density at radius 2 is 2.50 bits per heavy atom. The number of hydrogen-bond acceptors (Lipinski definition) is 2. The maximum atomic E-state index is 11.2. The molecule has 0 radical (unpaired) electrons. The van der Waals surface area contributed by atoms with Crippen LogP contribution in [0.2, 0.25) is 0 Å². The van der Waals surface area contributed by atoms with E-state index >= 15 is 0 Å². The zero-order valence-electron chi connectivity index (χ0n) is 8.16. The van der Waals surface area contributed by atoms with E-state index in [4.69, 9.17) is 5.26 Å². The number of carbonyl (C=O) groups is 1. The molecule has 0 saturated heterocycles. The molecule has 0 saturated carbocycles. The maximum absolute atomic E-state index is 11.2. The minimum absolute atomic E-state index is 0.0405. The average molecular weight is 191 g/mol. The van der Waals surface area contributed by atoms with Crippen LogP contribution in [0.1, 0.15) is 12.1 Å². The summed E-state index contributed by atoms with van der Waals surface area (Å²) in [7, 11) is 1.71. The van der Waals surface area contributed by atoms with Crippen molar-refractivity contribution in [3.8, 4) is 6.07 Å². The number of nitriles is 1. The predicted molar refractivity (Wildman–Crippen MR) is 52.4 cm³/mol. The first-order valence-corrected chi connectivity index (χ1v) is 4.47. The van der Waals surface area contributed by atoms with Gasteiger partial charge in [-0.25, -0.2) is 0 Å². The highest BCUT2D eigenvalue weighted by Crippen LogP contribution is 1.98. The van der Waals surface area contributed by atoms with Crippen LogP contribution in [0.15, 0.2) is 18.3 Å². The lowest BCUT2D eigenvalue weighted by molar-refractivity contribution is -0.128. The Hall–Kier alpha value is -1.76. The number of rotatable bonds is 4. The molecule has 0 atom stereocenters. The standard InChI is InChI=1S/C10H13N3O/c1-13(10(14)4-6-11)8-5-9-3-2-7-12-9/h2-3,7,12H,4-5,8H2,1H3. The van der Waals surface area contributed by atoms with Crippen LogP contribution in [0.5, 0.6) is 0 Å². The van der Waals surface area contributed by atoms with E-state index in [0.29, 0.717) is 6.54 Å². The number of aromatic amines is 1. The minimum atomic E-state index is -0.126. The lowest BCUT2D eigenvalue weighted by atomic mass is 10.3. The molecule has 4 heteroatoms. The summed E-state index contributed by atoms with van der Waals surface area (Å²) in [6, 6.07) is 5.74. The van der Waals surface area contributed by atoms with Gasteiger partial charge in [0.1, 0.15) is 6.42 Å². The Morgan fingerprint density at radius 3 is 3.07 bits per heavy atom. The Kier molecular flexibility index (Phi) is 3.74. The molecular weight excluding hydrogens is 178 g/mol. The van der Waals surface area contributed by atoms with Gasteiger partial charge in [0, 0.05) is 31.9 Å². The van der Waals surface area contributed by atoms with E-state index in [1.807, 2.05) is 24.4 Å². The van der Waals surface area contributed by atoms with Crippen LogP contribution >= 0.6 is 0 Å². The first kappa shape index (κ1) is 10.3. The van der Waals surface area contributed by atoms with Crippen molar-refractivity contribution < 1.29 is 4.79 Å². The number of aromatic nitrogens is 1. The van der Waals surface area contributed by atoms with Crippen molar-refractivity contribution in [3.05, 3.63) is 24.0 Å². The van der Waals surface area contributed by atoms with Gasteiger partial charge in [-0.05, 0) is 12.1 Å². The smallest absolute Gasteiger partial charge is 0.236 e. The average Bonchev–Trinajstić information content (AvgIpc) is 2.67. The molecule has 74 valence electrons. The topological polar surface area (TPSA) is 59.9 Å². The van der Waals surface area contributed by atoms with Crippen molar-refractivity contribution >= 4 is 5.91 Å². The molecule has 1 N–H and O–H groups in total. The molecule has 0 fully saturated rings. The van der Waals surface area contributed by atoms with E-state index in [1.54, 1.807) is 11.9 Å². The highest BCUT2D eigenvalue weighted by molar-refractivity contribution is 5.77. The van der Waals surface area contributed by atoms with Gasteiger partial charge in [0.05, 0.1) is 6.07 Å². The molecule has 0 aliphatic carbocycles. The van der Waals surface area contributed by atoms with Crippen molar-refractivity contribution in [2.75, 3.05) is 13.6 Å². The Balaban J connectivity index is 2.32. The zero-order valence-corrected chi connectivity index (χ0v) is 8.16. The van der Waals surface area contributed by atoms with E-state index in [2.05, 4.69) is 4.98 Å². The molecule has 0 bridgehead atoms. The van der Waals surface area contributed by atoms with Crippen molar-refractivity contribution in [3.63, 3.8) is 0 Å². The van der Waals surface area contributed by atoms with Crippen LogP contribution < -0.4 is 0 Å². The molecule has 0 aliphatic heterocycles. The predicted octanol–water partition coefficient (Wildman–Crippen LogP) is 0.929. The van der Waals surface area contributed by atoms with Crippen LogP contribution in [0.3, 0.4) is 0 Å². The molecule has 1 rings (SSSR count). The summed E-state index contributed by atoms with van der Waals surface area (Å²) in [5.74, 6) is -0.126. The van der Waals surface area contributed by atoms with Crippen molar-refractivity contribution in [2.45, 2.75) is 12.8 Å². The maximum Gasteiger partial charge on any atom is 0.236 e. The van der Waals surface area contributed by atoms with Crippen LogP contribution in [-0.2, 0) is 11.2 Å². The highest BCUT2D eigenvalue weighted by Gasteiger charge is 2.07. The normalized spacial score (nSPS) is 9.43. The van der Waals surface area contributed by atoms with Gasteiger partial charge < -0.3 is 9.88 Å². The van der Waals surface area contributed by atoms with Crippen LogP contribution in [0, 0.1) is 11.3 Å². The fourth-order valence-electron chi connectivity index (χ4n) is 1.14. The third kappa shape index (κ3) is 2.94. The van der Waals surface area contributed by atoms with Gasteiger partial charge in [0.2, 0.25) is 5.91 Å². The monoisotopic (exact) mass is 191 g/mol. The number of likely N-dealkylation sites (N-methyl/N-ethyl adjacent to an activating group) is 1. The summed E-state index contributed by atoms with van der Waals surface area (Å²) in [4.78, 5) is 15.8. The van der Waals surface area contributed by atoms with E-state index in [-0.39, 0.29) is 12.3 Å². The third-order valence-corrected chi connectivity index (χ3v) is 2.03. The van der Waals surface area contributed by atoms with E-state index in [0.717, 1.165) is 12.1 Å². The molecule has 0 unspecified atom stereocenters. The van der Waals surface area contributed by atoms with Crippen LogP contribution in [0.4, 0.5) is 0 Å². The molecule has 14 heavy (non-hydrogen) atoms. The largest absolute Gasteiger partial charge is 0.365 e. The summed E-state index contributed by atoms with van der Waals surface area (Å²) in [6.45, 7) is 0.640. The molecule has 4 nitrogen and oxygen atoms in total. The first-order chi connectivity index (χ1) is 6.74. The number of hydrogen-bond donors (Lipinski definition) is 1. The molecule has 1 amide bonds. The van der Waals surface area contributed by atoms with E-state index in [9.17, 15) is 4.79 Å². The fraction of sp³-hybridized carbons (Fsp3) is 0.400. The third-order valence-electron chi connectivity index (χ3n) is 2.03.